The molecule has 0 aliphatic heterocycles. The Morgan fingerprint density at radius 1 is 1.26 bits per heavy atom. The van der Waals surface area contributed by atoms with Crippen LogP contribution < -0.4 is 4.74 Å². The summed E-state index contributed by atoms with van der Waals surface area (Å²) in [4.78, 5) is 4.36. The number of ether oxygens (including phenoxy) is 1. The molecule has 0 saturated heterocycles. The van der Waals surface area contributed by atoms with Crippen molar-refractivity contribution in [1.29, 1.82) is 0 Å². The van der Waals surface area contributed by atoms with Crippen LogP contribution >= 0.6 is 0 Å². The summed E-state index contributed by atoms with van der Waals surface area (Å²) in [6.45, 7) is 2.09. The molecule has 0 bridgehead atoms. The van der Waals surface area contributed by atoms with Crippen LogP contribution in [0.1, 0.15) is 18.6 Å². The number of aromatic nitrogens is 2. The van der Waals surface area contributed by atoms with Gasteiger partial charge in [-0.25, -0.2) is 8.42 Å². The highest BCUT2D eigenvalue weighted by Gasteiger charge is 2.08. The minimum Gasteiger partial charge on any atom is -0.484 e. The third kappa shape index (κ3) is 3.54. The molecule has 0 unspecified atom stereocenters. The molecule has 0 N–H and O–H groups in total. The van der Waals surface area contributed by atoms with Crippen molar-refractivity contribution >= 4 is 9.84 Å². The van der Waals surface area contributed by atoms with Crippen molar-refractivity contribution in [3.63, 3.8) is 0 Å². The third-order valence-corrected chi connectivity index (χ3v) is 3.57. The highest BCUT2D eigenvalue weighted by Crippen LogP contribution is 2.16. The average Bonchev–Trinajstić information content (AvgIpc) is 2.84. The van der Waals surface area contributed by atoms with Crippen LogP contribution in [0.3, 0.4) is 0 Å². The topological polar surface area (TPSA) is 82.3 Å². The molecule has 102 valence electrons. The van der Waals surface area contributed by atoms with Gasteiger partial charge >= 0.3 is 0 Å². The summed E-state index contributed by atoms with van der Waals surface area (Å²) in [6, 6.07) is 6.17. The summed E-state index contributed by atoms with van der Waals surface area (Å²) in [5.41, 5.74) is 0. The smallest absolute Gasteiger partial charge is 0.264 e. The zero-order valence-corrected chi connectivity index (χ0v) is 11.5. The number of hydrogen-bond acceptors (Lipinski definition) is 6. The number of aryl methyl sites for hydroxylation is 1. The van der Waals surface area contributed by atoms with Gasteiger partial charge in [-0.05, 0) is 24.3 Å². The maximum atomic E-state index is 11.3. The van der Waals surface area contributed by atoms with Gasteiger partial charge in [-0.2, -0.15) is 4.98 Å². The molecule has 0 spiro atoms. The molecule has 6 nitrogen and oxygen atoms in total. The maximum absolute atomic E-state index is 11.3. The molecule has 0 atom stereocenters. The fourth-order valence-electron chi connectivity index (χ4n) is 1.42. The van der Waals surface area contributed by atoms with Crippen LogP contribution in [0.2, 0.25) is 0 Å². The van der Waals surface area contributed by atoms with Crippen molar-refractivity contribution in [3.8, 4) is 5.75 Å². The zero-order chi connectivity index (χ0) is 13.9. The Kier molecular flexibility index (Phi) is 3.84. The highest BCUT2D eigenvalue weighted by atomic mass is 32.2. The molecule has 1 aromatic carbocycles. The molecule has 2 aromatic rings. The SMILES string of the molecule is CCc1noc(COc2ccc(S(C)(=O)=O)cc2)n1. The van der Waals surface area contributed by atoms with Gasteiger partial charge in [0.1, 0.15) is 5.75 Å². The second kappa shape index (κ2) is 5.40. The lowest BCUT2D eigenvalue weighted by Gasteiger charge is -2.03. The van der Waals surface area contributed by atoms with Gasteiger partial charge in [-0.15, -0.1) is 0 Å². The van der Waals surface area contributed by atoms with Crippen LogP contribution in [0.15, 0.2) is 33.7 Å². The molecule has 0 saturated carbocycles. The van der Waals surface area contributed by atoms with Gasteiger partial charge in [-0.3, -0.25) is 0 Å². The average molecular weight is 282 g/mol. The lowest BCUT2D eigenvalue weighted by atomic mass is 10.3. The number of nitrogens with zero attached hydrogens (tertiary/aromatic N) is 2. The van der Waals surface area contributed by atoms with Crippen LogP contribution in [-0.4, -0.2) is 24.8 Å². The van der Waals surface area contributed by atoms with Gasteiger partial charge in [0.2, 0.25) is 0 Å². The monoisotopic (exact) mass is 282 g/mol. The number of benzene rings is 1. The molecule has 19 heavy (non-hydrogen) atoms. The standard InChI is InChI=1S/C12H14N2O4S/c1-3-11-13-12(18-14-11)8-17-9-4-6-10(7-5-9)19(2,15)16/h4-7H,3,8H2,1-2H3. The van der Waals surface area contributed by atoms with Crippen molar-refractivity contribution in [2.75, 3.05) is 6.26 Å². The molecule has 1 aromatic heterocycles. The van der Waals surface area contributed by atoms with Gasteiger partial charge in [0.25, 0.3) is 5.89 Å². The Balaban J connectivity index is 2.00. The largest absolute Gasteiger partial charge is 0.484 e. The van der Waals surface area contributed by atoms with Crippen molar-refractivity contribution in [2.24, 2.45) is 0 Å². The molecule has 0 aliphatic rings. The van der Waals surface area contributed by atoms with E-state index < -0.39 is 9.84 Å². The predicted molar refractivity (Wildman–Crippen MR) is 67.6 cm³/mol. The summed E-state index contributed by atoms with van der Waals surface area (Å²) < 4.78 is 33.0. The summed E-state index contributed by atoms with van der Waals surface area (Å²) >= 11 is 0. The Morgan fingerprint density at radius 2 is 1.95 bits per heavy atom. The summed E-state index contributed by atoms with van der Waals surface area (Å²) in [6.07, 6.45) is 1.86. The first-order valence-corrected chi connectivity index (χ1v) is 7.62. The molecule has 0 amide bonds. The molecule has 0 fully saturated rings. The summed E-state index contributed by atoms with van der Waals surface area (Å²) in [7, 11) is -3.18. The third-order valence-electron chi connectivity index (χ3n) is 2.44. The van der Waals surface area contributed by atoms with Gasteiger partial charge in [0.15, 0.2) is 22.3 Å². The van der Waals surface area contributed by atoms with E-state index in [9.17, 15) is 8.42 Å². The first kappa shape index (κ1) is 13.5. The van der Waals surface area contributed by atoms with Crippen molar-refractivity contribution in [1.82, 2.24) is 10.1 Å². The lowest BCUT2D eigenvalue weighted by molar-refractivity contribution is 0.242. The van der Waals surface area contributed by atoms with E-state index in [-0.39, 0.29) is 11.5 Å². The number of rotatable bonds is 5. The Labute approximate surface area is 111 Å². The van der Waals surface area contributed by atoms with E-state index in [1.54, 1.807) is 12.1 Å². The van der Waals surface area contributed by atoms with Gasteiger partial charge in [-0.1, -0.05) is 12.1 Å². The molecular weight excluding hydrogens is 268 g/mol. The van der Waals surface area contributed by atoms with Gasteiger partial charge < -0.3 is 9.26 Å². The van der Waals surface area contributed by atoms with Crippen LogP contribution in [0.5, 0.6) is 5.75 Å². The van der Waals surface area contributed by atoms with E-state index >= 15 is 0 Å². The van der Waals surface area contributed by atoms with E-state index in [1.807, 2.05) is 6.92 Å². The first-order valence-electron chi connectivity index (χ1n) is 5.73. The van der Waals surface area contributed by atoms with Crippen LogP contribution in [-0.2, 0) is 22.9 Å². The fourth-order valence-corrected chi connectivity index (χ4v) is 2.05. The Morgan fingerprint density at radius 3 is 2.47 bits per heavy atom. The maximum Gasteiger partial charge on any atom is 0.264 e. The summed E-state index contributed by atoms with van der Waals surface area (Å²) in [5, 5.41) is 3.75. The minimum atomic E-state index is -3.18. The van der Waals surface area contributed by atoms with E-state index in [2.05, 4.69) is 10.1 Å². The molecule has 7 heteroatoms. The van der Waals surface area contributed by atoms with E-state index in [1.165, 1.54) is 12.1 Å². The molecule has 2 rings (SSSR count). The van der Waals surface area contributed by atoms with Crippen molar-refractivity contribution in [2.45, 2.75) is 24.8 Å². The van der Waals surface area contributed by atoms with E-state index in [4.69, 9.17) is 9.26 Å². The van der Waals surface area contributed by atoms with Gasteiger partial charge in [0.05, 0.1) is 4.90 Å². The summed E-state index contributed by atoms with van der Waals surface area (Å²) in [5.74, 6) is 1.57. The molecule has 0 aliphatic carbocycles. The quantitative estimate of drug-likeness (QED) is 0.828. The first-order chi connectivity index (χ1) is 8.99. The van der Waals surface area contributed by atoms with Crippen molar-refractivity contribution in [3.05, 3.63) is 36.0 Å². The van der Waals surface area contributed by atoms with Gasteiger partial charge in [0, 0.05) is 12.7 Å². The van der Waals surface area contributed by atoms with E-state index in [0.717, 1.165) is 6.26 Å². The normalized spacial score (nSPS) is 11.5. The van der Waals surface area contributed by atoms with E-state index in [0.29, 0.717) is 23.9 Å². The Bertz CT molecular complexity index is 647. The second-order valence-electron chi connectivity index (χ2n) is 3.99. The number of sulfone groups is 1. The molecule has 0 radical (unpaired) electrons. The van der Waals surface area contributed by atoms with Crippen LogP contribution in [0.4, 0.5) is 0 Å². The Hall–Kier alpha value is -1.89. The number of hydrogen-bond donors (Lipinski definition) is 0. The van der Waals surface area contributed by atoms with Crippen LogP contribution in [0.25, 0.3) is 0 Å². The minimum absolute atomic E-state index is 0.158. The fraction of sp³-hybridized carbons (Fsp3) is 0.333. The molecular formula is C12H14N2O4S. The van der Waals surface area contributed by atoms with Crippen molar-refractivity contribution < 1.29 is 17.7 Å². The highest BCUT2D eigenvalue weighted by molar-refractivity contribution is 7.90. The van der Waals surface area contributed by atoms with Crippen LogP contribution in [0, 0.1) is 0 Å². The zero-order valence-electron chi connectivity index (χ0n) is 10.7. The predicted octanol–water partition coefficient (Wildman–Crippen LogP) is 1.61. The second-order valence-corrected chi connectivity index (χ2v) is 6.01. The molecule has 1 heterocycles. The lowest BCUT2D eigenvalue weighted by Crippen LogP contribution is -1.98.